The van der Waals surface area contributed by atoms with Crippen LogP contribution in [0.1, 0.15) is 32.3 Å². The van der Waals surface area contributed by atoms with Gasteiger partial charge in [0.05, 0.1) is 19.4 Å². The van der Waals surface area contributed by atoms with Crippen LogP contribution in [0.2, 0.25) is 0 Å². The van der Waals surface area contributed by atoms with Crippen LogP contribution in [0.5, 0.6) is 0 Å². The second kappa shape index (κ2) is 7.43. The van der Waals surface area contributed by atoms with Gasteiger partial charge in [-0.3, -0.25) is 5.01 Å². The number of benzene rings is 1. The highest BCUT2D eigenvalue weighted by molar-refractivity contribution is 5.64. The third-order valence-corrected chi connectivity index (χ3v) is 4.14. The second-order valence-electron chi connectivity index (χ2n) is 6.55. The molecule has 2 saturated heterocycles. The first-order valence-corrected chi connectivity index (χ1v) is 8.39. The molecule has 2 fully saturated rings. The molecule has 0 radical (unpaired) electrons. The van der Waals surface area contributed by atoms with Gasteiger partial charge in [0, 0.05) is 13.1 Å². The fourth-order valence-corrected chi connectivity index (χ4v) is 2.87. The zero-order valence-corrected chi connectivity index (χ0v) is 14.0. The molecule has 2 atom stereocenters. The van der Waals surface area contributed by atoms with Crippen molar-refractivity contribution in [2.75, 3.05) is 19.7 Å². The van der Waals surface area contributed by atoms with Crippen LogP contribution in [0.25, 0.3) is 0 Å². The Bertz CT molecular complexity index is 512. The molecule has 0 bridgehead atoms. The first-order valence-electron chi connectivity index (χ1n) is 8.39. The molecule has 2 aliphatic heterocycles. The Balaban J connectivity index is 1.63. The largest absolute Gasteiger partial charge is 0.365 e. The summed E-state index contributed by atoms with van der Waals surface area (Å²) < 4.78 is 17.7. The Labute approximate surface area is 138 Å². The van der Waals surface area contributed by atoms with Crippen LogP contribution in [-0.4, -0.2) is 48.9 Å². The van der Waals surface area contributed by atoms with E-state index < -0.39 is 5.79 Å². The normalized spacial score (nSPS) is 25.3. The summed E-state index contributed by atoms with van der Waals surface area (Å²) in [6, 6.07) is 10.2. The van der Waals surface area contributed by atoms with Crippen molar-refractivity contribution in [3.63, 3.8) is 0 Å². The first-order chi connectivity index (χ1) is 11.1. The molecule has 23 heavy (non-hydrogen) atoms. The van der Waals surface area contributed by atoms with Crippen LogP contribution in [0.3, 0.4) is 0 Å². The number of hydrogen-bond donors (Lipinski definition) is 0. The van der Waals surface area contributed by atoms with E-state index in [2.05, 4.69) is 22.2 Å². The lowest BCUT2D eigenvalue weighted by Crippen LogP contribution is -2.35. The molecule has 126 valence electrons. The molecule has 0 saturated carbocycles. The number of hydrogen-bond acceptors (Lipinski definition) is 5. The molecule has 0 N–H and O–H groups in total. The topological polar surface area (TPSA) is 43.3 Å². The maximum atomic E-state index is 6.08. The van der Waals surface area contributed by atoms with E-state index in [1.54, 1.807) is 0 Å². The Hall–Kier alpha value is -1.43. The molecule has 5 nitrogen and oxygen atoms in total. The summed E-state index contributed by atoms with van der Waals surface area (Å²) in [6.45, 7) is 6.97. The molecule has 2 heterocycles. The van der Waals surface area contributed by atoms with Gasteiger partial charge in [0.15, 0.2) is 5.79 Å². The maximum absolute atomic E-state index is 6.08. The van der Waals surface area contributed by atoms with E-state index in [0.717, 1.165) is 18.7 Å². The van der Waals surface area contributed by atoms with Crippen molar-refractivity contribution in [1.82, 2.24) is 5.01 Å². The minimum absolute atomic E-state index is 0.125. The van der Waals surface area contributed by atoms with Gasteiger partial charge in [-0.05, 0) is 32.3 Å². The third kappa shape index (κ3) is 4.77. The average Bonchev–Trinajstić information content (AvgIpc) is 3.18. The predicted octanol–water partition coefficient (Wildman–Crippen LogP) is 2.80. The summed E-state index contributed by atoms with van der Waals surface area (Å²) in [5.74, 6) is -0.555. The van der Waals surface area contributed by atoms with E-state index >= 15 is 0 Å². The fourth-order valence-electron chi connectivity index (χ4n) is 2.87. The number of rotatable bonds is 6. The SMILES string of the molecule is CC1(C)OC[C@H]([C@H](/C=N/N2CCCC2)OCc2ccccc2)O1. The van der Waals surface area contributed by atoms with Crippen molar-refractivity contribution in [2.24, 2.45) is 5.10 Å². The quantitative estimate of drug-likeness (QED) is 0.757. The van der Waals surface area contributed by atoms with Crippen LogP contribution < -0.4 is 0 Å². The van der Waals surface area contributed by atoms with Crippen LogP contribution in [0, 0.1) is 0 Å². The molecule has 0 unspecified atom stereocenters. The van der Waals surface area contributed by atoms with Crippen LogP contribution in [0.4, 0.5) is 0 Å². The minimum atomic E-state index is -0.555. The molecule has 3 rings (SSSR count). The standard InChI is InChI=1S/C18H26N2O3/c1-18(2)22-14-17(23-18)16(12-19-20-10-6-7-11-20)21-13-15-8-4-3-5-9-15/h3-5,8-9,12,16-17H,6-7,10-11,13-14H2,1-2H3/b19-12+/t16-,17+/m0/s1. The van der Waals surface area contributed by atoms with Gasteiger partial charge in [0.25, 0.3) is 0 Å². The molecule has 0 aliphatic carbocycles. The Morgan fingerprint density at radius 2 is 2.04 bits per heavy atom. The van der Waals surface area contributed by atoms with E-state index in [1.807, 2.05) is 38.3 Å². The van der Waals surface area contributed by atoms with Crippen molar-refractivity contribution in [3.05, 3.63) is 35.9 Å². The first kappa shape index (κ1) is 16.4. The lowest BCUT2D eigenvalue weighted by molar-refractivity contribution is -0.150. The minimum Gasteiger partial charge on any atom is -0.365 e. The Morgan fingerprint density at radius 1 is 1.30 bits per heavy atom. The Kier molecular flexibility index (Phi) is 5.30. The highest BCUT2D eigenvalue weighted by atomic mass is 16.7. The monoisotopic (exact) mass is 318 g/mol. The van der Waals surface area contributed by atoms with Gasteiger partial charge in [-0.15, -0.1) is 0 Å². The van der Waals surface area contributed by atoms with Crippen LogP contribution in [-0.2, 0) is 20.8 Å². The summed E-state index contributed by atoms with van der Waals surface area (Å²) in [4.78, 5) is 0. The van der Waals surface area contributed by atoms with Crippen molar-refractivity contribution in [2.45, 2.75) is 51.3 Å². The van der Waals surface area contributed by atoms with E-state index in [1.165, 1.54) is 12.8 Å². The van der Waals surface area contributed by atoms with Crippen molar-refractivity contribution in [3.8, 4) is 0 Å². The average molecular weight is 318 g/mol. The highest BCUT2D eigenvalue weighted by Gasteiger charge is 2.37. The number of ether oxygens (including phenoxy) is 3. The number of hydrazone groups is 1. The molecule has 0 amide bonds. The van der Waals surface area contributed by atoms with Gasteiger partial charge in [0.1, 0.15) is 12.2 Å². The van der Waals surface area contributed by atoms with E-state index in [4.69, 9.17) is 14.2 Å². The van der Waals surface area contributed by atoms with Gasteiger partial charge < -0.3 is 14.2 Å². The van der Waals surface area contributed by atoms with Crippen LogP contribution >= 0.6 is 0 Å². The molecule has 1 aromatic carbocycles. The van der Waals surface area contributed by atoms with Gasteiger partial charge in [-0.25, -0.2) is 0 Å². The maximum Gasteiger partial charge on any atom is 0.163 e. The lowest BCUT2D eigenvalue weighted by Gasteiger charge is -2.22. The van der Waals surface area contributed by atoms with Gasteiger partial charge >= 0.3 is 0 Å². The summed E-state index contributed by atoms with van der Waals surface area (Å²) in [5, 5.41) is 6.67. The summed E-state index contributed by atoms with van der Waals surface area (Å²) in [7, 11) is 0. The van der Waals surface area contributed by atoms with Gasteiger partial charge in [-0.1, -0.05) is 30.3 Å². The van der Waals surface area contributed by atoms with E-state index in [-0.39, 0.29) is 12.2 Å². The lowest BCUT2D eigenvalue weighted by atomic mass is 10.2. The second-order valence-corrected chi connectivity index (χ2v) is 6.55. The summed E-state index contributed by atoms with van der Waals surface area (Å²) in [6.07, 6.45) is 3.97. The van der Waals surface area contributed by atoms with Crippen molar-refractivity contribution in [1.29, 1.82) is 0 Å². The molecule has 2 aliphatic rings. The Morgan fingerprint density at radius 3 is 2.70 bits per heavy atom. The summed E-state index contributed by atoms with van der Waals surface area (Å²) >= 11 is 0. The zero-order chi connectivity index (χ0) is 16.1. The smallest absolute Gasteiger partial charge is 0.163 e. The van der Waals surface area contributed by atoms with Crippen LogP contribution in [0.15, 0.2) is 35.4 Å². The predicted molar refractivity (Wildman–Crippen MR) is 89.2 cm³/mol. The molecular formula is C18H26N2O3. The fraction of sp³-hybridized carbons (Fsp3) is 0.611. The molecule has 0 spiro atoms. The summed E-state index contributed by atoms with van der Waals surface area (Å²) in [5.41, 5.74) is 1.14. The molecule has 1 aromatic rings. The van der Waals surface area contributed by atoms with Crippen molar-refractivity contribution < 1.29 is 14.2 Å². The van der Waals surface area contributed by atoms with Gasteiger partial charge in [0.2, 0.25) is 0 Å². The zero-order valence-electron chi connectivity index (χ0n) is 14.0. The van der Waals surface area contributed by atoms with E-state index in [0.29, 0.717) is 13.2 Å². The molecule has 5 heteroatoms. The van der Waals surface area contributed by atoms with Crippen molar-refractivity contribution >= 4 is 6.21 Å². The van der Waals surface area contributed by atoms with Gasteiger partial charge in [-0.2, -0.15) is 5.10 Å². The van der Waals surface area contributed by atoms with E-state index in [9.17, 15) is 0 Å². The molecular weight excluding hydrogens is 292 g/mol. The number of nitrogens with zero attached hydrogens (tertiary/aromatic N) is 2. The highest BCUT2D eigenvalue weighted by Crippen LogP contribution is 2.25. The molecule has 0 aromatic heterocycles. The third-order valence-electron chi connectivity index (χ3n) is 4.14.